The maximum absolute atomic E-state index is 13.4. The number of hydrogen-bond acceptors (Lipinski definition) is 6. The predicted octanol–water partition coefficient (Wildman–Crippen LogP) is 6.23. The molecule has 0 saturated carbocycles. The van der Waals surface area contributed by atoms with Crippen molar-refractivity contribution in [3.63, 3.8) is 0 Å². The Labute approximate surface area is 266 Å². The Balaban J connectivity index is 1.19. The summed E-state index contributed by atoms with van der Waals surface area (Å²) in [7, 11) is 0. The summed E-state index contributed by atoms with van der Waals surface area (Å²) in [5.74, 6) is -0.665. The summed E-state index contributed by atoms with van der Waals surface area (Å²) in [6.07, 6.45) is 6.92. The Bertz CT molecular complexity index is 1790. The number of nitrogens with one attached hydrogen (secondary N) is 1. The molecule has 0 spiro atoms. The van der Waals surface area contributed by atoms with Crippen molar-refractivity contribution >= 4 is 40.1 Å². The van der Waals surface area contributed by atoms with Crippen LogP contribution in [0.3, 0.4) is 0 Å². The third-order valence-electron chi connectivity index (χ3n) is 8.60. The molecule has 3 heterocycles. The van der Waals surface area contributed by atoms with Crippen LogP contribution in [0, 0.1) is 0 Å². The number of fused-ring (bicyclic) bond motifs is 1. The van der Waals surface area contributed by atoms with Gasteiger partial charge >= 0.3 is 0 Å². The summed E-state index contributed by atoms with van der Waals surface area (Å²) >= 11 is 6.11. The summed E-state index contributed by atoms with van der Waals surface area (Å²) < 4.78 is 5.70. The lowest BCUT2D eigenvalue weighted by Gasteiger charge is -2.34. The highest BCUT2D eigenvalue weighted by Crippen LogP contribution is 2.29. The number of amides is 2. The van der Waals surface area contributed by atoms with Crippen LogP contribution in [0.5, 0.6) is 5.75 Å². The second-order valence-electron chi connectivity index (χ2n) is 11.8. The first kappa shape index (κ1) is 30.5. The second-order valence-corrected chi connectivity index (χ2v) is 12.2. The van der Waals surface area contributed by atoms with Gasteiger partial charge in [-0.2, -0.15) is 0 Å². The fourth-order valence-corrected chi connectivity index (χ4v) is 6.34. The largest absolute Gasteiger partial charge is 0.504 e. The quantitative estimate of drug-likeness (QED) is 0.225. The van der Waals surface area contributed by atoms with Crippen molar-refractivity contribution in [3.8, 4) is 5.75 Å². The van der Waals surface area contributed by atoms with Crippen LogP contribution in [-0.2, 0) is 17.8 Å². The fraction of sp³-hybridized carbons (Fsp3) is 0.306. The minimum atomic E-state index is -0.535. The number of carbonyl (C=O) groups is 2. The number of para-hydroxylation sites is 2. The molecule has 9 heteroatoms. The number of hydrogen-bond donors (Lipinski definition) is 2. The SMILES string of the molecule is O=C(N[C@@H](C=C1CCN(c2ccccc2CN2CCCCC2=O)CC1)Cc1ccc(Cl)cc1)c1cc(=O)c2cccc(O)c2o1. The number of phenols is 1. The van der Waals surface area contributed by atoms with Gasteiger partial charge in [0.15, 0.2) is 22.5 Å². The third kappa shape index (κ3) is 7.23. The average Bonchev–Trinajstić information content (AvgIpc) is 3.04. The molecule has 232 valence electrons. The van der Waals surface area contributed by atoms with E-state index in [9.17, 15) is 19.5 Å². The topological polar surface area (TPSA) is 103 Å². The van der Waals surface area contributed by atoms with Gasteiger partial charge in [0.2, 0.25) is 5.91 Å². The predicted molar refractivity (Wildman–Crippen MR) is 176 cm³/mol. The number of halogens is 1. The molecule has 2 aliphatic rings. The minimum Gasteiger partial charge on any atom is -0.504 e. The molecule has 2 N–H and O–H groups in total. The van der Waals surface area contributed by atoms with Gasteiger partial charge in [0, 0.05) is 49.4 Å². The van der Waals surface area contributed by atoms with Crippen LogP contribution in [-0.4, -0.2) is 47.5 Å². The van der Waals surface area contributed by atoms with Crippen molar-refractivity contribution in [2.75, 3.05) is 24.5 Å². The molecule has 2 saturated heterocycles. The molecule has 2 amide bonds. The Morgan fingerprint density at radius 1 is 0.956 bits per heavy atom. The fourth-order valence-electron chi connectivity index (χ4n) is 6.21. The summed E-state index contributed by atoms with van der Waals surface area (Å²) in [6.45, 7) is 3.07. The van der Waals surface area contributed by atoms with E-state index in [-0.39, 0.29) is 34.4 Å². The molecule has 0 bridgehead atoms. The highest BCUT2D eigenvalue weighted by molar-refractivity contribution is 6.30. The number of piperidine rings is 2. The van der Waals surface area contributed by atoms with Gasteiger partial charge in [0.05, 0.1) is 11.4 Å². The number of likely N-dealkylation sites (tertiary alicyclic amines) is 1. The molecule has 8 nitrogen and oxygen atoms in total. The smallest absolute Gasteiger partial charge is 0.287 e. The molecule has 45 heavy (non-hydrogen) atoms. The molecule has 0 radical (unpaired) electrons. The van der Waals surface area contributed by atoms with Gasteiger partial charge in [0.1, 0.15) is 0 Å². The maximum atomic E-state index is 13.4. The molecule has 6 rings (SSSR count). The Morgan fingerprint density at radius 2 is 1.73 bits per heavy atom. The lowest BCUT2D eigenvalue weighted by atomic mass is 9.97. The first-order chi connectivity index (χ1) is 21.8. The zero-order valence-electron chi connectivity index (χ0n) is 25.0. The van der Waals surface area contributed by atoms with Crippen LogP contribution in [0.4, 0.5) is 5.69 Å². The number of phenolic OH excluding ortho intramolecular Hbond substituents is 1. The molecule has 4 aromatic rings. The summed E-state index contributed by atoms with van der Waals surface area (Å²) in [6, 6.07) is 21.2. The normalized spacial score (nSPS) is 16.1. The van der Waals surface area contributed by atoms with E-state index in [1.807, 2.05) is 41.3 Å². The number of aromatic hydroxyl groups is 1. The third-order valence-corrected chi connectivity index (χ3v) is 8.85. The molecule has 2 fully saturated rings. The first-order valence-corrected chi connectivity index (χ1v) is 15.8. The van der Waals surface area contributed by atoms with Crippen molar-refractivity contribution in [1.29, 1.82) is 0 Å². The highest BCUT2D eigenvalue weighted by atomic mass is 35.5. The second kappa shape index (κ2) is 13.6. The van der Waals surface area contributed by atoms with Gasteiger partial charge in [-0.05, 0) is 73.6 Å². The van der Waals surface area contributed by atoms with Crippen LogP contribution in [0.1, 0.15) is 53.8 Å². The molecular formula is C36H36ClN3O5. The lowest BCUT2D eigenvalue weighted by molar-refractivity contribution is -0.133. The van der Waals surface area contributed by atoms with E-state index in [4.69, 9.17) is 16.0 Å². The molecule has 1 aromatic heterocycles. The molecule has 3 aromatic carbocycles. The summed E-state index contributed by atoms with van der Waals surface area (Å²) in [5, 5.41) is 14.1. The van der Waals surface area contributed by atoms with Gasteiger partial charge in [-0.15, -0.1) is 0 Å². The van der Waals surface area contributed by atoms with E-state index in [0.717, 1.165) is 68.2 Å². The number of benzene rings is 3. The van der Waals surface area contributed by atoms with Crippen molar-refractivity contribution in [3.05, 3.63) is 117 Å². The van der Waals surface area contributed by atoms with Gasteiger partial charge in [-0.3, -0.25) is 14.4 Å². The number of nitrogens with zero attached hydrogens (tertiary/aromatic N) is 2. The van der Waals surface area contributed by atoms with Crippen molar-refractivity contribution in [2.45, 2.75) is 51.1 Å². The van der Waals surface area contributed by atoms with E-state index < -0.39 is 11.3 Å². The van der Waals surface area contributed by atoms with Crippen LogP contribution in [0.2, 0.25) is 5.02 Å². The van der Waals surface area contributed by atoms with E-state index in [1.165, 1.54) is 11.6 Å². The maximum Gasteiger partial charge on any atom is 0.287 e. The summed E-state index contributed by atoms with van der Waals surface area (Å²) in [4.78, 5) is 42.9. The van der Waals surface area contributed by atoms with Crippen LogP contribution < -0.4 is 15.6 Å². The van der Waals surface area contributed by atoms with Crippen LogP contribution >= 0.6 is 11.6 Å². The molecule has 0 unspecified atom stereocenters. The Kier molecular flexibility index (Phi) is 9.21. The van der Waals surface area contributed by atoms with Gasteiger partial charge in [-0.25, -0.2) is 0 Å². The molecule has 2 aliphatic heterocycles. The molecule has 1 atom stereocenters. The lowest BCUT2D eigenvalue weighted by Crippen LogP contribution is -2.37. The highest BCUT2D eigenvalue weighted by Gasteiger charge is 2.23. The molecule has 0 aliphatic carbocycles. The average molecular weight is 626 g/mol. The summed E-state index contributed by atoms with van der Waals surface area (Å²) in [5.41, 5.74) is 4.14. The van der Waals surface area contributed by atoms with Crippen molar-refractivity contribution < 1.29 is 19.1 Å². The number of carbonyl (C=O) groups excluding carboxylic acids is 2. The van der Waals surface area contributed by atoms with Crippen LogP contribution in [0.15, 0.2) is 93.7 Å². The standard InChI is InChI=1S/C36H36ClN3O5/c37-27-13-11-24(12-14-27)20-28(38-36(44)33-22-32(42)29-7-5-9-31(41)35(29)45-33)21-25-15-18-39(19-16-25)30-8-2-1-6-26(30)23-40-17-4-3-10-34(40)43/h1-2,5-9,11-14,21-22,28,41H,3-4,10,15-20,23H2,(H,38,44)/t28-/m1/s1. The van der Waals surface area contributed by atoms with E-state index in [0.29, 0.717) is 24.4 Å². The number of rotatable bonds is 8. The van der Waals surface area contributed by atoms with Gasteiger partial charge in [0.25, 0.3) is 5.91 Å². The zero-order valence-corrected chi connectivity index (χ0v) is 25.8. The van der Waals surface area contributed by atoms with E-state index >= 15 is 0 Å². The van der Waals surface area contributed by atoms with E-state index in [1.54, 1.807) is 12.1 Å². The van der Waals surface area contributed by atoms with Crippen LogP contribution in [0.25, 0.3) is 11.0 Å². The number of anilines is 1. The Morgan fingerprint density at radius 3 is 2.51 bits per heavy atom. The molecular weight excluding hydrogens is 590 g/mol. The first-order valence-electron chi connectivity index (χ1n) is 15.5. The van der Waals surface area contributed by atoms with Gasteiger partial charge in [-0.1, -0.05) is 59.6 Å². The van der Waals surface area contributed by atoms with Crippen molar-refractivity contribution in [1.82, 2.24) is 10.2 Å². The monoisotopic (exact) mass is 625 g/mol. The zero-order chi connectivity index (χ0) is 31.3. The van der Waals surface area contributed by atoms with Crippen molar-refractivity contribution in [2.24, 2.45) is 0 Å². The van der Waals surface area contributed by atoms with Gasteiger partial charge < -0.3 is 24.6 Å². The van der Waals surface area contributed by atoms with E-state index in [2.05, 4.69) is 28.4 Å². The minimum absolute atomic E-state index is 0.0138. The Hall–Kier alpha value is -4.56.